The van der Waals surface area contributed by atoms with E-state index < -0.39 is 0 Å². The average Bonchev–Trinajstić information content (AvgIpc) is 3.65. The van der Waals surface area contributed by atoms with E-state index in [0.717, 1.165) is 12.1 Å². The van der Waals surface area contributed by atoms with Crippen molar-refractivity contribution in [1.29, 1.82) is 0 Å². The van der Waals surface area contributed by atoms with E-state index in [1.165, 1.54) is 69.8 Å². The summed E-state index contributed by atoms with van der Waals surface area (Å²) in [5.41, 5.74) is 14.8. The molecule has 4 heteroatoms. The van der Waals surface area contributed by atoms with Crippen molar-refractivity contribution in [2.75, 3.05) is 0 Å². The summed E-state index contributed by atoms with van der Waals surface area (Å²) in [5, 5.41) is 6.33. The first-order chi connectivity index (χ1) is 19.8. The predicted octanol–water partition coefficient (Wildman–Crippen LogP) is 9.47. The van der Waals surface area contributed by atoms with E-state index in [-0.39, 0.29) is 0 Å². The standard InChI is InChI=1S/C36H27N3S/c1-2-24-29-21-23(38-30-15-7-3-11-25(30)26-12-4-8-16-31(26)38)19-20-35(29)40-36(24)34(22-37)39-32-17-9-5-13-27(32)28-14-6-10-18-33(28)39/h3-22H,2,37H2,1H3/b34-22+. The molecule has 3 heterocycles. The average molecular weight is 534 g/mol. The molecule has 2 N–H and O–H groups in total. The number of para-hydroxylation sites is 4. The van der Waals surface area contributed by atoms with Gasteiger partial charge in [0, 0.05) is 38.1 Å². The number of aromatic nitrogens is 2. The van der Waals surface area contributed by atoms with E-state index in [4.69, 9.17) is 5.73 Å². The molecule has 0 saturated carbocycles. The van der Waals surface area contributed by atoms with Crippen LogP contribution in [0.5, 0.6) is 0 Å². The minimum atomic E-state index is 0.917. The van der Waals surface area contributed by atoms with Gasteiger partial charge < -0.3 is 14.9 Å². The van der Waals surface area contributed by atoms with Gasteiger partial charge in [0.1, 0.15) is 0 Å². The Bertz CT molecular complexity index is 2170. The zero-order valence-corrected chi connectivity index (χ0v) is 23.0. The van der Waals surface area contributed by atoms with E-state index in [2.05, 4.69) is 131 Å². The van der Waals surface area contributed by atoms with Crippen molar-refractivity contribution in [2.24, 2.45) is 5.73 Å². The lowest BCUT2D eigenvalue weighted by atomic mass is 10.1. The van der Waals surface area contributed by atoms with Crippen molar-refractivity contribution < 1.29 is 0 Å². The van der Waals surface area contributed by atoms with Gasteiger partial charge >= 0.3 is 0 Å². The number of nitrogens with zero attached hydrogens (tertiary/aromatic N) is 2. The van der Waals surface area contributed by atoms with Crippen LogP contribution in [0.4, 0.5) is 0 Å². The van der Waals surface area contributed by atoms with Crippen LogP contribution in [0.25, 0.3) is 65.1 Å². The number of hydrogen-bond acceptors (Lipinski definition) is 2. The van der Waals surface area contributed by atoms with Gasteiger partial charge in [0.05, 0.1) is 32.6 Å². The van der Waals surface area contributed by atoms with Crippen LogP contribution in [0.2, 0.25) is 0 Å². The first-order valence-corrected chi connectivity index (χ1v) is 14.5. The Morgan fingerprint density at radius 3 is 1.68 bits per heavy atom. The normalized spacial score (nSPS) is 12.5. The highest BCUT2D eigenvalue weighted by Gasteiger charge is 2.21. The Morgan fingerprint density at radius 2 is 1.15 bits per heavy atom. The lowest BCUT2D eigenvalue weighted by Gasteiger charge is -2.13. The summed E-state index contributed by atoms with van der Waals surface area (Å²) in [5.74, 6) is 0. The number of hydrogen-bond donors (Lipinski definition) is 1. The predicted molar refractivity (Wildman–Crippen MR) is 173 cm³/mol. The number of aryl methyl sites for hydroxylation is 1. The Hall–Kier alpha value is -4.80. The third kappa shape index (κ3) is 3.17. The van der Waals surface area contributed by atoms with Crippen LogP contribution in [0, 0.1) is 0 Å². The van der Waals surface area contributed by atoms with Crippen molar-refractivity contribution >= 4 is 70.7 Å². The highest BCUT2D eigenvalue weighted by molar-refractivity contribution is 7.20. The minimum absolute atomic E-state index is 0.917. The van der Waals surface area contributed by atoms with Gasteiger partial charge in [-0.25, -0.2) is 0 Å². The molecule has 0 spiro atoms. The molecular weight excluding hydrogens is 506 g/mol. The van der Waals surface area contributed by atoms with Crippen LogP contribution >= 0.6 is 11.3 Å². The number of nitrogens with two attached hydrogens (primary N) is 1. The number of fused-ring (bicyclic) bond motifs is 7. The maximum absolute atomic E-state index is 6.47. The maximum atomic E-state index is 6.47. The Kier molecular flexibility index (Phi) is 5.13. The largest absolute Gasteiger partial charge is 0.403 e. The fourth-order valence-electron chi connectivity index (χ4n) is 6.47. The van der Waals surface area contributed by atoms with E-state index in [1.807, 2.05) is 11.3 Å². The molecule has 0 aliphatic rings. The van der Waals surface area contributed by atoms with Crippen LogP contribution < -0.4 is 5.73 Å². The summed E-state index contributed by atoms with van der Waals surface area (Å²) in [6.07, 6.45) is 2.71. The van der Waals surface area contributed by atoms with Gasteiger partial charge in [-0.3, -0.25) is 0 Å². The molecule has 192 valence electrons. The number of rotatable bonds is 4. The first-order valence-electron chi connectivity index (χ1n) is 13.7. The Labute approximate surface area is 236 Å². The van der Waals surface area contributed by atoms with Crippen LogP contribution in [0.1, 0.15) is 17.4 Å². The van der Waals surface area contributed by atoms with Crippen molar-refractivity contribution in [2.45, 2.75) is 13.3 Å². The van der Waals surface area contributed by atoms with Gasteiger partial charge in [0.25, 0.3) is 0 Å². The second kappa shape index (κ2) is 8.87. The molecule has 3 aromatic heterocycles. The fraction of sp³-hybridized carbons (Fsp3) is 0.0556. The molecule has 0 aliphatic heterocycles. The van der Waals surface area contributed by atoms with E-state index >= 15 is 0 Å². The zero-order chi connectivity index (χ0) is 26.8. The van der Waals surface area contributed by atoms with Crippen molar-refractivity contribution in [1.82, 2.24) is 9.13 Å². The molecule has 0 unspecified atom stereocenters. The van der Waals surface area contributed by atoms with Crippen LogP contribution in [-0.2, 0) is 6.42 Å². The molecule has 3 nitrogen and oxygen atoms in total. The molecule has 0 bridgehead atoms. The number of benzene rings is 5. The smallest absolute Gasteiger partial charge is 0.0792 e. The van der Waals surface area contributed by atoms with Crippen LogP contribution in [0.3, 0.4) is 0 Å². The van der Waals surface area contributed by atoms with Gasteiger partial charge in [-0.15, -0.1) is 11.3 Å². The molecule has 5 aromatic carbocycles. The molecule has 40 heavy (non-hydrogen) atoms. The van der Waals surface area contributed by atoms with Crippen molar-refractivity contribution in [3.05, 3.63) is 132 Å². The molecule has 0 aliphatic carbocycles. The number of thiophene rings is 1. The fourth-order valence-corrected chi connectivity index (χ4v) is 7.76. The highest BCUT2D eigenvalue weighted by atomic mass is 32.1. The van der Waals surface area contributed by atoms with Crippen molar-refractivity contribution in [3.8, 4) is 5.69 Å². The summed E-state index contributed by atoms with van der Waals surface area (Å²) in [6, 6.07) is 41.5. The monoisotopic (exact) mass is 533 g/mol. The van der Waals surface area contributed by atoms with E-state index in [0.29, 0.717) is 0 Å². The SMILES string of the molecule is CCc1c(/C(=C\N)n2c3ccccc3c3ccccc32)sc2ccc(-n3c4ccccc4c4ccccc43)cc12. The first kappa shape index (κ1) is 23.1. The molecule has 0 saturated heterocycles. The van der Waals surface area contributed by atoms with Gasteiger partial charge in [-0.1, -0.05) is 79.7 Å². The van der Waals surface area contributed by atoms with Crippen LogP contribution in [-0.4, -0.2) is 9.13 Å². The summed E-state index contributed by atoms with van der Waals surface area (Å²) >= 11 is 1.83. The highest BCUT2D eigenvalue weighted by Crippen LogP contribution is 2.42. The van der Waals surface area contributed by atoms with Gasteiger partial charge in [-0.2, -0.15) is 0 Å². The zero-order valence-electron chi connectivity index (χ0n) is 22.1. The third-order valence-electron chi connectivity index (χ3n) is 8.18. The maximum Gasteiger partial charge on any atom is 0.0792 e. The Balaban J connectivity index is 1.38. The lowest BCUT2D eigenvalue weighted by molar-refractivity contribution is 1.13. The lowest BCUT2D eigenvalue weighted by Crippen LogP contribution is -2.02. The second-order valence-corrected chi connectivity index (χ2v) is 11.3. The third-order valence-corrected chi connectivity index (χ3v) is 9.41. The summed E-state index contributed by atoms with van der Waals surface area (Å²) in [7, 11) is 0. The van der Waals surface area contributed by atoms with E-state index in [9.17, 15) is 0 Å². The molecule has 0 atom stereocenters. The minimum Gasteiger partial charge on any atom is -0.403 e. The van der Waals surface area contributed by atoms with Gasteiger partial charge in [0.15, 0.2) is 0 Å². The molecule has 8 rings (SSSR count). The molecule has 8 aromatic rings. The van der Waals surface area contributed by atoms with Gasteiger partial charge in [-0.05, 0) is 59.8 Å². The summed E-state index contributed by atoms with van der Waals surface area (Å²) < 4.78 is 6.01. The van der Waals surface area contributed by atoms with E-state index in [1.54, 1.807) is 6.20 Å². The molecular formula is C36H27N3S. The Morgan fingerprint density at radius 1 is 0.650 bits per heavy atom. The quantitative estimate of drug-likeness (QED) is 0.240. The van der Waals surface area contributed by atoms with Gasteiger partial charge in [0.2, 0.25) is 0 Å². The molecule has 0 amide bonds. The topological polar surface area (TPSA) is 35.9 Å². The molecule has 0 fully saturated rings. The van der Waals surface area contributed by atoms with Crippen LogP contribution in [0.15, 0.2) is 121 Å². The second-order valence-electron chi connectivity index (χ2n) is 10.2. The summed E-state index contributed by atoms with van der Waals surface area (Å²) in [4.78, 5) is 1.23. The molecule has 0 radical (unpaired) electrons. The van der Waals surface area contributed by atoms with Crippen molar-refractivity contribution in [3.63, 3.8) is 0 Å². The summed E-state index contributed by atoms with van der Waals surface area (Å²) in [6.45, 7) is 2.25.